The molecular formula is C10H21F3N2O2S. The van der Waals surface area contributed by atoms with E-state index >= 15 is 0 Å². The lowest BCUT2D eigenvalue weighted by Crippen LogP contribution is -2.32. The fourth-order valence-corrected chi connectivity index (χ4v) is 2.54. The predicted octanol–water partition coefficient (Wildman–Crippen LogP) is 1.59. The van der Waals surface area contributed by atoms with Crippen molar-refractivity contribution in [1.82, 2.24) is 9.62 Å². The molecule has 0 atom stereocenters. The predicted molar refractivity (Wildman–Crippen MR) is 64.9 cm³/mol. The normalized spacial score (nSPS) is 13.2. The fraction of sp³-hybridized carbons (Fsp3) is 1.00. The summed E-state index contributed by atoms with van der Waals surface area (Å²) in [6.07, 6.45) is -4.29. The number of halogens is 3. The number of rotatable bonds is 9. The molecule has 8 heteroatoms. The summed E-state index contributed by atoms with van der Waals surface area (Å²) in [6, 6.07) is 0. The van der Waals surface area contributed by atoms with Crippen LogP contribution in [-0.2, 0) is 10.0 Å². The summed E-state index contributed by atoms with van der Waals surface area (Å²) in [7, 11) is -2.38. The van der Waals surface area contributed by atoms with Crippen molar-refractivity contribution in [3.8, 4) is 0 Å². The number of unbranched alkanes of at least 4 members (excludes halogenated alkanes) is 1. The van der Waals surface area contributed by atoms with Crippen molar-refractivity contribution in [3.63, 3.8) is 0 Å². The lowest BCUT2D eigenvalue weighted by Gasteiger charge is -2.17. The molecule has 0 aromatic rings. The Balaban J connectivity index is 3.97. The maximum atomic E-state index is 12.0. The van der Waals surface area contributed by atoms with Gasteiger partial charge in [-0.15, -0.1) is 0 Å². The first-order valence-corrected chi connectivity index (χ1v) is 7.51. The first-order valence-electron chi connectivity index (χ1n) is 5.90. The smallest absolute Gasteiger partial charge is 0.317 e. The van der Waals surface area contributed by atoms with Crippen LogP contribution < -0.4 is 5.32 Å². The average molecular weight is 290 g/mol. The molecule has 0 amide bonds. The Labute approximate surface area is 107 Å². The molecule has 0 aliphatic heterocycles. The number of nitrogens with zero attached hydrogens (tertiary/aromatic N) is 1. The second kappa shape index (κ2) is 7.96. The summed E-state index contributed by atoms with van der Waals surface area (Å²) in [5.74, 6) is -0.104. The molecule has 18 heavy (non-hydrogen) atoms. The Morgan fingerprint density at radius 1 is 1.22 bits per heavy atom. The van der Waals surface area contributed by atoms with Gasteiger partial charge in [0.05, 0.1) is 12.2 Å². The molecule has 0 unspecified atom stereocenters. The summed E-state index contributed by atoms with van der Waals surface area (Å²) in [5, 5.41) is 3.05. The fourth-order valence-electron chi connectivity index (χ4n) is 1.29. The number of hydrogen-bond donors (Lipinski definition) is 1. The summed E-state index contributed by atoms with van der Waals surface area (Å²) in [5.41, 5.74) is 0. The Bertz CT molecular complexity index is 318. The quantitative estimate of drug-likeness (QED) is 0.656. The van der Waals surface area contributed by atoms with Crippen molar-refractivity contribution < 1.29 is 21.6 Å². The van der Waals surface area contributed by atoms with Crippen molar-refractivity contribution in [3.05, 3.63) is 0 Å². The van der Waals surface area contributed by atoms with E-state index in [1.807, 2.05) is 6.92 Å². The molecule has 1 N–H and O–H groups in total. The molecule has 0 heterocycles. The van der Waals surface area contributed by atoms with Gasteiger partial charge in [0.15, 0.2) is 0 Å². The molecule has 0 spiro atoms. The molecule has 110 valence electrons. The minimum atomic E-state index is -4.32. The van der Waals surface area contributed by atoms with Crippen LogP contribution in [0, 0.1) is 0 Å². The highest BCUT2D eigenvalue weighted by Gasteiger charge is 2.29. The third-order valence-electron chi connectivity index (χ3n) is 2.44. The van der Waals surface area contributed by atoms with E-state index in [9.17, 15) is 21.6 Å². The van der Waals surface area contributed by atoms with Crippen LogP contribution >= 0.6 is 0 Å². The number of alkyl halides is 3. The second-order valence-electron chi connectivity index (χ2n) is 4.06. The highest BCUT2D eigenvalue weighted by atomic mass is 32.2. The van der Waals surface area contributed by atoms with E-state index in [2.05, 4.69) is 5.32 Å². The van der Waals surface area contributed by atoms with E-state index in [1.165, 1.54) is 7.05 Å². The molecule has 0 aromatic carbocycles. The van der Waals surface area contributed by atoms with Crippen LogP contribution in [0.1, 0.15) is 26.2 Å². The zero-order chi connectivity index (χ0) is 14.2. The third kappa shape index (κ3) is 8.71. The lowest BCUT2D eigenvalue weighted by molar-refractivity contribution is -0.135. The Kier molecular flexibility index (Phi) is 7.81. The van der Waals surface area contributed by atoms with Crippen molar-refractivity contribution >= 4 is 10.0 Å². The SMILES string of the molecule is CCNCCCCS(=O)(=O)N(C)CCC(F)(F)F. The average Bonchev–Trinajstić information content (AvgIpc) is 2.24. The monoisotopic (exact) mass is 290 g/mol. The van der Waals surface area contributed by atoms with Crippen LogP contribution in [0.5, 0.6) is 0 Å². The Hall–Kier alpha value is -0.340. The molecule has 4 nitrogen and oxygen atoms in total. The molecule has 0 aromatic heterocycles. The van der Waals surface area contributed by atoms with Crippen LogP contribution in [0.15, 0.2) is 0 Å². The van der Waals surface area contributed by atoms with Crippen LogP contribution in [0.2, 0.25) is 0 Å². The van der Waals surface area contributed by atoms with Crippen molar-refractivity contribution in [2.45, 2.75) is 32.4 Å². The van der Waals surface area contributed by atoms with Gasteiger partial charge in [0.25, 0.3) is 0 Å². The van der Waals surface area contributed by atoms with Gasteiger partial charge in [0.2, 0.25) is 10.0 Å². The minimum Gasteiger partial charge on any atom is -0.317 e. The van der Waals surface area contributed by atoms with E-state index in [1.54, 1.807) is 0 Å². The third-order valence-corrected chi connectivity index (χ3v) is 4.38. The molecule has 0 aliphatic rings. The van der Waals surface area contributed by atoms with Gasteiger partial charge < -0.3 is 5.32 Å². The largest absolute Gasteiger partial charge is 0.390 e. The van der Waals surface area contributed by atoms with Crippen molar-refractivity contribution in [1.29, 1.82) is 0 Å². The number of hydrogen-bond acceptors (Lipinski definition) is 3. The molecule has 0 saturated heterocycles. The molecule has 0 fully saturated rings. The van der Waals surface area contributed by atoms with Gasteiger partial charge in [0, 0.05) is 13.6 Å². The van der Waals surface area contributed by atoms with Crippen LogP contribution in [-0.4, -0.2) is 51.3 Å². The van der Waals surface area contributed by atoms with E-state index in [-0.39, 0.29) is 5.75 Å². The van der Waals surface area contributed by atoms with E-state index in [0.717, 1.165) is 17.4 Å². The van der Waals surface area contributed by atoms with Gasteiger partial charge in [-0.1, -0.05) is 6.92 Å². The van der Waals surface area contributed by atoms with Gasteiger partial charge in [-0.2, -0.15) is 13.2 Å². The zero-order valence-electron chi connectivity index (χ0n) is 10.8. The summed E-state index contributed by atoms with van der Waals surface area (Å²) >= 11 is 0. The second-order valence-corrected chi connectivity index (χ2v) is 6.26. The number of sulfonamides is 1. The molecular weight excluding hydrogens is 269 g/mol. The maximum absolute atomic E-state index is 12.0. The van der Waals surface area contributed by atoms with Crippen LogP contribution in [0.4, 0.5) is 13.2 Å². The molecule has 0 rings (SSSR count). The van der Waals surface area contributed by atoms with Gasteiger partial charge in [-0.3, -0.25) is 0 Å². The van der Waals surface area contributed by atoms with Gasteiger partial charge in [-0.25, -0.2) is 12.7 Å². The van der Waals surface area contributed by atoms with Gasteiger partial charge >= 0.3 is 6.18 Å². The Morgan fingerprint density at radius 3 is 2.33 bits per heavy atom. The maximum Gasteiger partial charge on any atom is 0.390 e. The van der Waals surface area contributed by atoms with E-state index < -0.39 is 29.2 Å². The molecule has 0 aliphatic carbocycles. The van der Waals surface area contributed by atoms with Crippen molar-refractivity contribution in [2.24, 2.45) is 0 Å². The standard InChI is InChI=1S/C10H21F3N2O2S/c1-3-14-7-4-5-9-18(16,17)15(2)8-6-10(11,12)13/h14H,3-9H2,1-2H3. The van der Waals surface area contributed by atoms with Crippen LogP contribution in [0.3, 0.4) is 0 Å². The summed E-state index contributed by atoms with van der Waals surface area (Å²) < 4.78 is 59.9. The van der Waals surface area contributed by atoms with Gasteiger partial charge in [0.1, 0.15) is 0 Å². The van der Waals surface area contributed by atoms with E-state index in [4.69, 9.17) is 0 Å². The number of nitrogens with one attached hydrogen (secondary N) is 1. The first kappa shape index (κ1) is 17.7. The summed E-state index contributed by atoms with van der Waals surface area (Å²) in [4.78, 5) is 0. The van der Waals surface area contributed by atoms with E-state index in [0.29, 0.717) is 12.8 Å². The summed E-state index contributed by atoms with van der Waals surface area (Å²) in [6.45, 7) is 2.97. The highest BCUT2D eigenvalue weighted by molar-refractivity contribution is 7.89. The molecule has 0 saturated carbocycles. The lowest BCUT2D eigenvalue weighted by atomic mass is 10.3. The first-order chi connectivity index (χ1) is 8.19. The molecule has 0 bridgehead atoms. The van der Waals surface area contributed by atoms with Crippen LogP contribution in [0.25, 0.3) is 0 Å². The topological polar surface area (TPSA) is 49.4 Å². The highest BCUT2D eigenvalue weighted by Crippen LogP contribution is 2.20. The minimum absolute atomic E-state index is 0.104. The van der Waals surface area contributed by atoms with Crippen molar-refractivity contribution in [2.75, 3.05) is 32.4 Å². The Morgan fingerprint density at radius 2 is 1.83 bits per heavy atom. The molecule has 0 radical (unpaired) electrons. The zero-order valence-corrected chi connectivity index (χ0v) is 11.6. The van der Waals surface area contributed by atoms with Gasteiger partial charge in [-0.05, 0) is 25.9 Å².